The number of likely N-dealkylation sites (N-methyl/N-ethyl adjacent to an activating group) is 1. The van der Waals surface area contributed by atoms with Crippen LogP contribution in [0, 0.1) is 0 Å². The number of nitrogens with zero attached hydrogens (tertiary/aromatic N) is 2. The van der Waals surface area contributed by atoms with E-state index in [2.05, 4.69) is 23.8 Å². The van der Waals surface area contributed by atoms with Crippen LogP contribution >= 0.6 is 0 Å². The lowest BCUT2D eigenvalue weighted by molar-refractivity contribution is 0.125. The summed E-state index contributed by atoms with van der Waals surface area (Å²) in [5, 5.41) is 0. The highest BCUT2D eigenvalue weighted by Gasteiger charge is 2.44. The van der Waals surface area contributed by atoms with Crippen LogP contribution in [0.2, 0.25) is 0 Å². The van der Waals surface area contributed by atoms with Crippen molar-refractivity contribution in [1.82, 2.24) is 9.80 Å². The van der Waals surface area contributed by atoms with Gasteiger partial charge in [-0.2, -0.15) is 0 Å². The van der Waals surface area contributed by atoms with E-state index in [1.807, 2.05) is 0 Å². The van der Waals surface area contributed by atoms with Gasteiger partial charge in [0.15, 0.2) is 0 Å². The minimum Gasteiger partial charge on any atom is -0.329 e. The lowest BCUT2D eigenvalue weighted by Crippen LogP contribution is -2.54. The minimum absolute atomic E-state index is 0.274. The topological polar surface area (TPSA) is 32.5 Å². The molecule has 0 aromatic rings. The van der Waals surface area contributed by atoms with E-state index in [-0.39, 0.29) is 5.54 Å². The van der Waals surface area contributed by atoms with E-state index in [4.69, 9.17) is 5.73 Å². The van der Waals surface area contributed by atoms with Crippen molar-refractivity contribution in [2.24, 2.45) is 5.73 Å². The fourth-order valence-electron chi connectivity index (χ4n) is 3.11. The smallest absolute Gasteiger partial charge is 0.0467 e. The maximum absolute atomic E-state index is 6.09. The van der Waals surface area contributed by atoms with Crippen LogP contribution in [0.3, 0.4) is 0 Å². The Morgan fingerprint density at radius 3 is 2.71 bits per heavy atom. The summed E-state index contributed by atoms with van der Waals surface area (Å²) in [5.74, 6) is 0. The quantitative estimate of drug-likeness (QED) is 0.686. The highest BCUT2D eigenvalue weighted by atomic mass is 15.3. The fourth-order valence-corrected chi connectivity index (χ4v) is 3.11. The summed E-state index contributed by atoms with van der Waals surface area (Å²) in [4.78, 5) is 5.22. The van der Waals surface area contributed by atoms with Crippen molar-refractivity contribution in [1.29, 1.82) is 0 Å². The average molecular weight is 239 g/mol. The molecule has 1 heterocycles. The molecule has 1 saturated heterocycles. The first-order valence-electron chi connectivity index (χ1n) is 7.37. The Bertz CT molecular complexity index is 240. The van der Waals surface area contributed by atoms with E-state index >= 15 is 0 Å². The summed E-state index contributed by atoms with van der Waals surface area (Å²) in [6.07, 6.45) is 8.07. The molecule has 2 N–H and O–H groups in total. The molecule has 0 spiro atoms. The van der Waals surface area contributed by atoms with Gasteiger partial charge in [0.05, 0.1) is 0 Å². The Labute approximate surface area is 106 Å². The third kappa shape index (κ3) is 3.01. The second-order valence-electron chi connectivity index (χ2n) is 6.01. The molecule has 1 aliphatic carbocycles. The minimum atomic E-state index is 0.274. The van der Waals surface area contributed by atoms with Crippen molar-refractivity contribution in [3.63, 3.8) is 0 Å². The molecule has 0 aromatic heterocycles. The van der Waals surface area contributed by atoms with Gasteiger partial charge in [0, 0.05) is 31.2 Å². The molecule has 100 valence electrons. The Hall–Kier alpha value is -0.120. The summed E-state index contributed by atoms with van der Waals surface area (Å²) >= 11 is 0. The summed E-state index contributed by atoms with van der Waals surface area (Å²) in [6.45, 7) is 6.77. The van der Waals surface area contributed by atoms with E-state index in [0.717, 1.165) is 12.6 Å². The first-order chi connectivity index (χ1) is 8.22. The third-order valence-electron chi connectivity index (χ3n) is 4.71. The molecular weight excluding hydrogens is 210 g/mol. The molecule has 0 aromatic carbocycles. The first kappa shape index (κ1) is 13.3. The van der Waals surface area contributed by atoms with Gasteiger partial charge in [-0.05, 0) is 39.3 Å². The van der Waals surface area contributed by atoms with Crippen LogP contribution in [0.5, 0.6) is 0 Å². The number of rotatable bonds is 7. The molecule has 2 aliphatic rings. The Morgan fingerprint density at radius 2 is 2.12 bits per heavy atom. The second kappa shape index (κ2) is 5.68. The van der Waals surface area contributed by atoms with Gasteiger partial charge in [0.2, 0.25) is 0 Å². The molecule has 1 saturated carbocycles. The lowest BCUT2D eigenvalue weighted by Gasteiger charge is -2.38. The maximum Gasteiger partial charge on any atom is 0.0467 e. The highest BCUT2D eigenvalue weighted by molar-refractivity contribution is 5.02. The molecule has 17 heavy (non-hydrogen) atoms. The first-order valence-corrected chi connectivity index (χ1v) is 7.37. The monoisotopic (exact) mass is 239 g/mol. The number of nitrogens with two attached hydrogens (primary N) is 1. The van der Waals surface area contributed by atoms with Crippen LogP contribution in [0.1, 0.15) is 45.4 Å². The molecular formula is C14H29N3. The molecule has 0 bridgehead atoms. The molecule has 0 amide bonds. The Kier molecular flexibility index (Phi) is 4.45. The molecule has 2 rings (SSSR count). The third-order valence-corrected chi connectivity index (χ3v) is 4.71. The largest absolute Gasteiger partial charge is 0.329 e. The van der Waals surface area contributed by atoms with Gasteiger partial charge in [0.25, 0.3) is 0 Å². The SMILES string of the molecule is CCCCCN(C)C1(CN)CCN(C2CC2)C1. The standard InChI is InChI=1S/C14H29N3/c1-3-4-5-9-16(2)14(11-15)8-10-17(12-14)13-6-7-13/h13H,3-12,15H2,1-2H3. The molecule has 3 heteroatoms. The van der Waals surface area contributed by atoms with E-state index in [0.29, 0.717) is 0 Å². The van der Waals surface area contributed by atoms with Gasteiger partial charge < -0.3 is 5.73 Å². The zero-order valence-electron chi connectivity index (χ0n) is 11.6. The van der Waals surface area contributed by atoms with E-state index in [1.54, 1.807) is 0 Å². The summed E-state index contributed by atoms with van der Waals surface area (Å²) in [7, 11) is 2.28. The Morgan fingerprint density at radius 1 is 1.35 bits per heavy atom. The summed E-state index contributed by atoms with van der Waals surface area (Å²) in [6, 6.07) is 0.896. The average Bonchev–Trinajstić information content (AvgIpc) is 3.09. The predicted molar refractivity (Wildman–Crippen MR) is 73.2 cm³/mol. The maximum atomic E-state index is 6.09. The van der Waals surface area contributed by atoms with E-state index in [1.165, 1.54) is 58.2 Å². The van der Waals surface area contributed by atoms with E-state index in [9.17, 15) is 0 Å². The van der Waals surface area contributed by atoms with Crippen molar-refractivity contribution in [3.05, 3.63) is 0 Å². The number of hydrogen-bond acceptors (Lipinski definition) is 3. The van der Waals surface area contributed by atoms with Crippen molar-refractivity contribution in [2.75, 3.05) is 33.2 Å². The van der Waals surface area contributed by atoms with Gasteiger partial charge in [0.1, 0.15) is 0 Å². The van der Waals surface area contributed by atoms with Crippen molar-refractivity contribution in [2.45, 2.75) is 57.0 Å². The van der Waals surface area contributed by atoms with Gasteiger partial charge in [-0.15, -0.1) is 0 Å². The summed E-state index contributed by atoms with van der Waals surface area (Å²) in [5.41, 5.74) is 6.36. The molecule has 3 nitrogen and oxygen atoms in total. The van der Waals surface area contributed by atoms with Crippen molar-refractivity contribution < 1.29 is 0 Å². The van der Waals surface area contributed by atoms with Gasteiger partial charge in [-0.25, -0.2) is 0 Å². The van der Waals surface area contributed by atoms with Crippen LogP contribution in [0.25, 0.3) is 0 Å². The van der Waals surface area contributed by atoms with Crippen LogP contribution in [0.4, 0.5) is 0 Å². The van der Waals surface area contributed by atoms with Crippen LogP contribution < -0.4 is 5.73 Å². The molecule has 0 radical (unpaired) electrons. The molecule has 1 atom stereocenters. The van der Waals surface area contributed by atoms with Crippen molar-refractivity contribution in [3.8, 4) is 0 Å². The predicted octanol–water partition coefficient (Wildman–Crippen LogP) is 1.67. The second-order valence-corrected chi connectivity index (χ2v) is 6.01. The van der Waals surface area contributed by atoms with E-state index < -0.39 is 0 Å². The zero-order chi connectivity index (χ0) is 12.3. The number of unbranched alkanes of at least 4 members (excludes halogenated alkanes) is 2. The highest BCUT2D eigenvalue weighted by Crippen LogP contribution is 2.35. The summed E-state index contributed by atoms with van der Waals surface area (Å²) < 4.78 is 0. The fraction of sp³-hybridized carbons (Fsp3) is 1.00. The van der Waals surface area contributed by atoms with Gasteiger partial charge in [-0.1, -0.05) is 19.8 Å². The van der Waals surface area contributed by atoms with Crippen LogP contribution in [-0.4, -0.2) is 54.6 Å². The van der Waals surface area contributed by atoms with Gasteiger partial charge in [-0.3, -0.25) is 9.80 Å². The molecule has 1 unspecified atom stereocenters. The number of likely N-dealkylation sites (tertiary alicyclic amines) is 1. The number of hydrogen-bond donors (Lipinski definition) is 1. The zero-order valence-corrected chi connectivity index (χ0v) is 11.6. The van der Waals surface area contributed by atoms with Crippen molar-refractivity contribution >= 4 is 0 Å². The Balaban J connectivity index is 1.85. The van der Waals surface area contributed by atoms with Gasteiger partial charge >= 0.3 is 0 Å². The lowest BCUT2D eigenvalue weighted by atomic mass is 9.96. The molecule has 1 aliphatic heterocycles. The normalized spacial score (nSPS) is 30.4. The van der Waals surface area contributed by atoms with Crippen LogP contribution in [0.15, 0.2) is 0 Å². The molecule has 2 fully saturated rings. The van der Waals surface area contributed by atoms with Crippen LogP contribution in [-0.2, 0) is 0 Å².